The summed E-state index contributed by atoms with van der Waals surface area (Å²) in [4.78, 5) is 14.6. The Morgan fingerprint density at radius 1 is 1.11 bits per heavy atom. The molecule has 1 aliphatic heterocycles. The number of carbonyl (C=O) groups is 1. The third kappa shape index (κ3) is 6.39. The zero-order valence-electron chi connectivity index (χ0n) is 14.8. The lowest BCUT2D eigenvalue weighted by Gasteiger charge is -2.32. The maximum atomic E-state index is 12.2. The van der Waals surface area contributed by atoms with E-state index in [9.17, 15) is 4.79 Å². The zero-order chi connectivity index (χ0) is 19.2. The first-order chi connectivity index (χ1) is 13.0. The number of ether oxygens (including phenoxy) is 1. The lowest BCUT2D eigenvalue weighted by Crippen LogP contribution is -2.45. The Hall–Kier alpha value is -1.27. The average Bonchev–Trinajstić information content (AvgIpc) is 2.64. The molecule has 0 radical (unpaired) electrons. The first-order valence-corrected chi connectivity index (χ1v) is 10.4. The summed E-state index contributed by atoms with van der Waals surface area (Å²) in [5.74, 6) is 0.500. The molecule has 0 bridgehead atoms. The minimum Gasteiger partial charge on any atom is -0.483 e. The van der Waals surface area contributed by atoms with Crippen molar-refractivity contribution in [2.75, 3.05) is 19.7 Å². The van der Waals surface area contributed by atoms with E-state index in [2.05, 4.69) is 38.3 Å². The van der Waals surface area contributed by atoms with Crippen LogP contribution >= 0.6 is 39.1 Å². The second kappa shape index (κ2) is 9.78. The van der Waals surface area contributed by atoms with Crippen LogP contribution in [-0.2, 0) is 11.3 Å². The minimum absolute atomic E-state index is 0.00871. The van der Waals surface area contributed by atoms with E-state index in [1.807, 2.05) is 12.1 Å². The quantitative estimate of drug-likeness (QED) is 0.650. The van der Waals surface area contributed by atoms with Crippen molar-refractivity contribution < 1.29 is 9.53 Å². The second-order valence-electron chi connectivity index (χ2n) is 6.61. The number of benzene rings is 2. The predicted molar refractivity (Wildman–Crippen MR) is 113 cm³/mol. The molecule has 1 N–H and O–H groups in total. The van der Waals surface area contributed by atoms with Crippen LogP contribution in [0.1, 0.15) is 18.4 Å². The van der Waals surface area contributed by atoms with Crippen molar-refractivity contribution in [1.29, 1.82) is 0 Å². The molecule has 0 atom stereocenters. The second-order valence-corrected chi connectivity index (χ2v) is 8.34. The summed E-state index contributed by atoms with van der Waals surface area (Å²) in [6.07, 6.45) is 1.87. The van der Waals surface area contributed by atoms with Crippen LogP contribution in [0.4, 0.5) is 0 Å². The Morgan fingerprint density at radius 3 is 2.44 bits per heavy atom. The molecule has 0 unspecified atom stereocenters. The topological polar surface area (TPSA) is 41.6 Å². The number of hydrogen-bond acceptors (Lipinski definition) is 3. The van der Waals surface area contributed by atoms with Crippen LogP contribution in [0.15, 0.2) is 46.9 Å². The van der Waals surface area contributed by atoms with Gasteiger partial charge in [-0.25, -0.2) is 0 Å². The fraction of sp³-hybridized carbons (Fsp3) is 0.350. The molecule has 27 heavy (non-hydrogen) atoms. The molecule has 0 saturated carbocycles. The molecule has 1 fully saturated rings. The number of piperidine rings is 1. The minimum atomic E-state index is -0.104. The molecule has 1 aliphatic rings. The van der Waals surface area contributed by atoms with Crippen molar-refractivity contribution in [2.45, 2.75) is 25.4 Å². The predicted octanol–water partition coefficient (Wildman–Crippen LogP) is 4.92. The van der Waals surface area contributed by atoms with Gasteiger partial charge in [-0.2, -0.15) is 0 Å². The molecule has 1 saturated heterocycles. The van der Waals surface area contributed by atoms with Gasteiger partial charge in [0.05, 0.1) is 4.47 Å². The largest absolute Gasteiger partial charge is 0.483 e. The third-order valence-corrected chi connectivity index (χ3v) is 5.63. The third-order valence-electron chi connectivity index (χ3n) is 4.52. The molecule has 0 aromatic heterocycles. The highest BCUT2D eigenvalue weighted by atomic mass is 79.9. The lowest BCUT2D eigenvalue weighted by molar-refractivity contribution is -0.124. The van der Waals surface area contributed by atoms with Crippen LogP contribution in [0.3, 0.4) is 0 Å². The first kappa shape index (κ1) is 20.5. The Morgan fingerprint density at radius 2 is 1.78 bits per heavy atom. The fourth-order valence-corrected chi connectivity index (χ4v) is 4.01. The van der Waals surface area contributed by atoms with Gasteiger partial charge in [-0.15, -0.1) is 0 Å². The van der Waals surface area contributed by atoms with Gasteiger partial charge >= 0.3 is 0 Å². The van der Waals surface area contributed by atoms with Gasteiger partial charge in [-0.1, -0.05) is 35.3 Å². The summed E-state index contributed by atoms with van der Waals surface area (Å²) < 4.78 is 6.30. The molecule has 3 rings (SSSR count). The normalized spacial score (nSPS) is 15.5. The molecule has 1 amide bonds. The number of nitrogens with zero attached hydrogens (tertiary/aromatic N) is 1. The maximum Gasteiger partial charge on any atom is 0.258 e. The van der Waals surface area contributed by atoms with Crippen molar-refractivity contribution in [3.05, 3.63) is 62.5 Å². The standard InChI is InChI=1S/C20H21BrCl2N2O2/c21-18-11-16(23)5-6-19(18)27-13-20(26)24-17-7-9-25(10-8-17)12-14-1-3-15(22)4-2-14/h1-6,11,17H,7-10,12-13H2,(H,24,26). The van der Waals surface area contributed by atoms with Crippen LogP contribution in [0.5, 0.6) is 5.75 Å². The molecule has 1 heterocycles. The molecule has 2 aromatic carbocycles. The number of halogens is 3. The lowest BCUT2D eigenvalue weighted by atomic mass is 10.0. The molecule has 2 aromatic rings. The summed E-state index contributed by atoms with van der Waals surface area (Å²) in [5, 5.41) is 4.43. The van der Waals surface area contributed by atoms with Gasteiger partial charge in [-0.05, 0) is 64.7 Å². The molecule has 7 heteroatoms. The van der Waals surface area contributed by atoms with Gasteiger partial charge in [-0.3, -0.25) is 9.69 Å². The van der Waals surface area contributed by atoms with Crippen LogP contribution in [0.2, 0.25) is 10.0 Å². The van der Waals surface area contributed by atoms with Crippen molar-refractivity contribution in [3.63, 3.8) is 0 Å². The van der Waals surface area contributed by atoms with Crippen molar-refractivity contribution in [2.24, 2.45) is 0 Å². The van der Waals surface area contributed by atoms with Crippen LogP contribution in [0.25, 0.3) is 0 Å². The number of carbonyl (C=O) groups excluding carboxylic acids is 1. The van der Waals surface area contributed by atoms with Gasteiger partial charge < -0.3 is 10.1 Å². The van der Waals surface area contributed by atoms with E-state index in [-0.39, 0.29) is 18.6 Å². The fourth-order valence-electron chi connectivity index (χ4n) is 3.09. The monoisotopic (exact) mass is 470 g/mol. The van der Waals surface area contributed by atoms with Crippen LogP contribution < -0.4 is 10.1 Å². The number of amides is 1. The Kier molecular flexibility index (Phi) is 7.41. The highest BCUT2D eigenvalue weighted by Gasteiger charge is 2.21. The van der Waals surface area contributed by atoms with Crippen molar-refractivity contribution in [1.82, 2.24) is 10.2 Å². The van der Waals surface area contributed by atoms with Gasteiger partial charge in [0.15, 0.2) is 6.61 Å². The summed E-state index contributed by atoms with van der Waals surface area (Å²) in [7, 11) is 0. The van der Waals surface area contributed by atoms with E-state index in [1.165, 1.54) is 5.56 Å². The highest BCUT2D eigenvalue weighted by Crippen LogP contribution is 2.27. The molecule has 4 nitrogen and oxygen atoms in total. The summed E-state index contributed by atoms with van der Waals surface area (Å²) in [6.45, 7) is 2.81. The Balaban J connectivity index is 1.39. The number of hydrogen-bond donors (Lipinski definition) is 1. The van der Waals surface area contributed by atoms with Crippen LogP contribution in [-0.4, -0.2) is 36.5 Å². The van der Waals surface area contributed by atoms with E-state index in [0.29, 0.717) is 10.8 Å². The molecule has 144 valence electrons. The summed E-state index contributed by atoms with van der Waals surface area (Å²) in [5.41, 5.74) is 1.25. The average molecular weight is 472 g/mol. The SMILES string of the molecule is O=C(COc1ccc(Cl)cc1Br)NC1CCN(Cc2ccc(Cl)cc2)CC1. The summed E-state index contributed by atoms with van der Waals surface area (Å²) in [6, 6.07) is 13.4. The molecular weight excluding hydrogens is 451 g/mol. The van der Waals surface area contributed by atoms with Gasteiger partial charge in [0.25, 0.3) is 5.91 Å². The molecule has 0 aliphatic carbocycles. The van der Waals surface area contributed by atoms with E-state index < -0.39 is 0 Å². The first-order valence-electron chi connectivity index (χ1n) is 8.83. The van der Waals surface area contributed by atoms with E-state index in [4.69, 9.17) is 27.9 Å². The van der Waals surface area contributed by atoms with Gasteiger partial charge in [0, 0.05) is 35.7 Å². The smallest absolute Gasteiger partial charge is 0.258 e. The number of rotatable bonds is 6. The zero-order valence-corrected chi connectivity index (χ0v) is 17.9. The number of nitrogens with one attached hydrogen (secondary N) is 1. The Bertz CT molecular complexity index is 778. The van der Waals surface area contributed by atoms with E-state index in [1.54, 1.807) is 18.2 Å². The van der Waals surface area contributed by atoms with E-state index >= 15 is 0 Å². The number of likely N-dealkylation sites (tertiary alicyclic amines) is 1. The molecular formula is C20H21BrCl2N2O2. The maximum absolute atomic E-state index is 12.2. The van der Waals surface area contributed by atoms with Gasteiger partial charge in [0.2, 0.25) is 0 Å². The highest BCUT2D eigenvalue weighted by molar-refractivity contribution is 9.10. The Labute approximate surface area is 177 Å². The summed E-state index contributed by atoms with van der Waals surface area (Å²) >= 11 is 15.2. The van der Waals surface area contributed by atoms with E-state index in [0.717, 1.165) is 42.0 Å². The van der Waals surface area contributed by atoms with Crippen LogP contribution in [0, 0.1) is 0 Å². The van der Waals surface area contributed by atoms with Crippen molar-refractivity contribution >= 4 is 45.0 Å². The van der Waals surface area contributed by atoms with Crippen molar-refractivity contribution in [3.8, 4) is 5.75 Å². The molecule has 0 spiro atoms. The van der Waals surface area contributed by atoms with Gasteiger partial charge in [0.1, 0.15) is 5.75 Å².